The van der Waals surface area contributed by atoms with Gasteiger partial charge in [-0.15, -0.1) is 11.8 Å². The molecule has 0 radical (unpaired) electrons. The molecule has 0 saturated carbocycles. The van der Waals surface area contributed by atoms with E-state index in [1.165, 1.54) is 5.56 Å². The molecule has 0 spiro atoms. The van der Waals surface area contributed by atoms with Crippen LogP contribution in [0.3, 0.4) is 0 Å². The fourth-order valence-electron chi connectivity index (χ4n) is 1.42. The number of hydrogen-bond donors (Lipinski definition) is 1. The molecule has 1 aromatic heterocycles. The Morgan fingerprint density at radius 2 is 2.62 bits per heavy atom. The summed E-state index contributed by atoms with van der Waals surface area (Å²) in [6, 6.07) is 4.05. The minimum Gasteiger partial charge on any atom is -0.307 e. The molecule has 2 rings (SSSR count). The summed E-state index contributed by atoms with van der Waals surface area (Å²) in [6.45, 7) is 2.00. The highest BCUT2D eigenvalue weighted by Gasteiger charge is 2.20. The second kappa shape index (κ2) is 4.09. The molecule has 2 heterocycles. The number of pyridine rings is 1. The Morgan fingerprint density at radius 1 is 1.69 bits per heavy atom. The molecule has 0 bridgehead atoms. The first-order valence-corrected chi connectivity index (χ1v) is 5.41. The predicted molar refractivity (Wildman–Crippen MR) is 55.1 cm³/mol. The van der Waals surface area contributed by atoms with Gasteiger partial charge in [0.15, 0.2) is 0 Å². The van der Waals surface area contributed by atoms with Gasteiger partial charge in [-0.1, -0.05) is 6.07 Å². The third-order valence-corrected chi connectivity index (χ3v) is 3.19. The van der Waals surface area contributed by atoms with Crippen LogP contribution in [-0.4, -0.2) is 27.7 Å². The van der Waals surface area contributed by atoms with E-state index in [0.717, 1.165) is 18.8 Å². The summed E-state index contributed by atoms with van der Waals surface area (Å²) >= 11 is 1.81. The van der Waals surface area contributed by atoms with Crippen molar-refractivity contribution < 1.29 is 0 Å². The van der Waals surface area contributed by atoms with Crippen molar-refractivity contribution in [2.24, 2.45) is 5.73 Å². The quantitative estimate of drug-likeness (QED) is 0.760. The second-order valence-corrected chi connectivity index (χ2v) is 4.32. The number of nitrogens with zero attached hydrogens (tertiary/aromatic N) is 2. The van der Waals surface area contributed by atoms with Gasteiger partial charge in [-0.05, 0) is 11.6 Å². The van der Waals surface area contributed by atoms with Gasteiger partial charge in [0.1, 0.15) is 5.50 Å². The lowest BCUT2D eigenvalue weighted by Gasteiger charge is -2.19. The molecule has 1 aliphatic rings. The van der Waals surface area contributed by atoms with E-state index >= 15 is 0 Å². The number of aromatic nitrogens is 1. The van der Waals surface area contributed by atoms with Gasteiger partial charge in [-0.25, -0.2) is 0 Å². The van der Waals surface area contributed by atoms with Gasteiger partial charge in [-0.2, -0.15) is 0 Å². The Kier molecular flexibility index (Phi) is 2.83. The zero-order chi connectivity index (χ0) is 9.10. The monoisotopic (exact) mass is 195 g/mol. The van der Waals surface area contributed by atoms with Gasteiger partial charge in [0.25, 0.3) is 0 Å². The van der Waals surface area contributed by atoms with Crippen LogP contribution in [0.15, 0.2) is 24.5 Å². The number of nitrogens with two attached hydrogens (primary N) is 1. The van der Waals surface area contributed by atoms with Crippen molar-refractivity contribution in [3.05, 3.63) is 30.1 Å². The highest BCUT2D eigenvalue weighted by molar-refractivity contribution is 8.00. The maximum atomic E-state index is 5.90. The first kappa shape index (κ1) is 8.99. The van der Waals surface area contributed by atoms with Gasteiger partial charge < -0.3 is 5.73 Å². The molecular weight excluding hydrogens is 182 g/mol. The Morgan fingerprint density at radius 3 is 3.23 bits per heavy atom. The van der Waals surface area contributed by atoms with Crippen LogP contribution >= 0.6 is 11.8 Å². The second-order valence-electron chi connectivity index (χ2n) is 3.09. The van der Waals surface area contributed by atoms with Gasteiger partial charge in [0.2, 0.25) is 0 Å². The normalized spacial score (nSPS) is 23.6. The van der Waals surface area contributed by atoms with Crippen LogP contribution in [0.5, 0.6) is 0 Å². The first-order chi connectivity index (χ1) is 6.36. The van der Waals surface area contributed by atoms with E-state index in [1.807, 2.05) is 24.0 Å². The minimum absolute atomic E-state index is 0.167. The standard InChI is InChI=1S/C9H13N3S/c10-9-12(4-5-13-9)7-8-2-1-3-11-6-8/h1-3,6,9H,4-5,7,10H2/t9-/m0/s1. The van der Waals surface area contributed by atoms with Crippen LogP contribution in [0, 0.1) is 0 Å². The fraction of sp³-hybridized carbons (Fsp3) is 0.444. The van der Waals surface area contributed by atoms with Crippen molar-refractivity contribution in [1.82, 2.24) is 9.88 Å². The summed E-state index contributed by atoms with van der Waals surface area (Å²) < 4.78 is 0. The van der Waals surface area contributed by atoms with Crippen LogP contribution in [0.4, 0.5) is 0 Å². The van der Waals surface area contributed by atoms with E-state index in [0.29, 0.717) is 0 Å². The lowest BCUT2D eigenvalue weighted by Crippen LogP contribution is -2.34. The molecule has 70 valence electrons. The summed E-state index contributed by atoms with van der Waals surface area (Å²) in [4.78, 5) is 6.34. The average Bonchev–Trinajstić information content (AvgIpc) is 2.54. The van der Waals surface area contributed by atoms with Gasteiger partial charge in [-0.3, -0.25) is 9.88 Å². The third-order valence-electron chi connectivity index (χ3n) is 2.14. The minimum atomic E-state index is 0.167. The third kappa shape index (κ3) is 2.21. The Labute approximate surface area is 82.3 Å². The molecule has 2 N–H and O–H groups in total. The van der Waals surface area contributed by atoms with E-state index in [4.69, 9.17) is 5.73 Å². The van der Waals surface area contributed by atoms with Crippen LogP contribution < -0.4 is 5.73 Å². The Balaban J connectivity index is 1.98. The molecule has 1 atom stereocenters. The molecule has 0 aromatic carbocycles. The highest BCUT2D eigenvalue weighted by atomic mass is 32.2. The summed E-state index contributed by atoms with van der Waals surface area (Å²) in [5.74, 6) is 1.14. The Bertz CT molecular complexity index is 265. The van der Waals surface area contributed by atoms with Crippen molar-refractivity contribution in [2.75, 3.05) is 12.3 Å². The molecular formula is C9H13N3S. The molecule has 1 aliphatic heterocycles. The van der Waals surface area contributed by atoms with E-state index in [-0.39, 0.29) is 5.50 Å². The lowest BCUT2D eigenvalue weighted by atomic mass is 10.3. The summed E-state index contributed by atoms with van der Waals surface area (Å²) in [6.07, 6.45) is 3.69. The molecule has 3 nitrogen and oxygen atoms in total. The van der Waals surface area contributed by atoms with Crippen molar-refractivity contribution in [2.45, 2.75) is 12.0 Å². The van der Waals surface area contributed by atoms with Gasteiger partial charge in [0.05, 0.1) is 0 Å². The van der Waals surface area contributed by atoms with Crippen LogP contribution in [0.25, 0.3) is 0 Å². The number of hydrogen-bond acceptors (Lipinski definition) is 4. The van der Waals surface area contributed by atoms with Gasteiger partial charge >= 0.3 is 0 Å². The number of thioether (sulfide) groups is 1. The Hall–Kier alpha value is -0.580. The molecule has 0 amide bonds. The fourth-order valence-corrected chi connectivity index (χ4v) is 2.39. The van der Waals surface area contributed by atoms with E-state index in [1.54, 1.807) is 6.20 Å². The van der Waals surface area contributed by atoms with Gasteiger partial charge in [0, 0.05) is 31.2 Å². The zero-order valence-electron chi connectivity index (χ0n) is 7.39. The van der Waals surface area contributed by atoms with Crippen molar-refractivity contribution in [3.63, 3.8) is 0 Å². The molecule has 0 unspecified atom stereocenters. The predicted octanol–water partition coefficient (Wildman–Crippen LogP) is 0.873. The van der Waals surface area contributed by atoms with Crippen LogP contribution in [0.1, 0.15) is 5.56 Å². The summed E-state index contributed by atoms with van der Waals surface area (Å²) in [5.41, 5.74) is 7.30. The van der Waals surface area contributed by atoms with E-state index in [9.17, 15) is 0 Å². The lowest BCUT2D eigenvalue weighted by molar-refractivity contribution is 0.283. The molecule has 0 aliphatic carbocycles. The van der Waals surface area contributed by atoms with Crippen molar-refractivity contribution >= 4 is 11.8 Å². The van der Waals surface area contributed by atoms with Crippen LogP contribution in [0.2, 0.25) is 0 Å². The molecule has 1 aromatic rings. The first-order valence-electron chi connectivity index (χ1n) is 4.36. The van der Waals surface area contributed by atoms with Crippen molar-refractivity contribution in [3.8, 4) is 0 Å². The maximum Gasteiger partial charge on any atom is 0.106 e. The average molecular weight is 195 g/mol. The van der Waals surface area contributed by atoms with Crippen LogP contribution in [-0.2, 0) is 6.54 Å². The SMILES string of the molecule is N[C@@H]1SCCN1Cc1cccnc1. The number of rotatable bonds is 2. The highest BCUT2D eigenvalue weighted by Crippen LogP contribution is 2.20. The maximum absolute atomic E-state index is 5.90. The smallest absolute Gasteiger partial charge is 0.106 e. The summed E-state index contributed by atoms with van der Waals surface area (Å²) in [7, 11) is 0. The largest absolute Gasteiger partial charge is 0.307 e. The molecule has 1 fully saturated rings. The summed E-state index contributed by atoms with van der Waals surface area (Å²) in [5, 5.41) is 0. The zero-order valence-corrected chi connectivity index (χ0v) is 8.20. The topological polar surface area (TPSA) is 42.1 Å². The van der Waals surface area contributed by atoms with E-state index in [2.05, 4.69) is 16.0 Å². The molecule has 1 saturated heterocycles. The molecule has 13 heavy (non-hydrogen) atoms. The van der Waals surface area contributed by atoms with E-state index < -0.39 is 0 Å². The molecule has 4 heteroatoms. The van der Waals surface area contributed by atoms with Crippen molar-refractivity contribution in [1.29, 1.82) is 0 Å².